The second-order valence-corrected chi connectivity index (χ2v) is 6.66. The average Bonchev–Trinajstić information content (AvgIpc) is 3.32. The van der Waals surface area contributed by atoms with Crippen molar-refractivity contribution in [2.75, 3.05) is 19.6 Å². The largest absolute Gasteiger partial charge is 0.416 e. The summed E-state index contributed by atoms with van der Waals surface area (Å²) in [5.74, 6) is -0.0862. The van der Waals surface area contributed by atoms with E-state index in [1.807, 2.05) is 0 Å². The fourth-order valence-corrected chi connectivity index (χ4v) is 3.22. The molecule has 6 heteroatoms. The Labute approximate surface area is 133 Å². The summed E-state index contributed by atoms with van der Waals surface area (Å²) in [4.78, 5) is 2.27. The van der Waals surface area contributed by atoms with Gasteiger partial charge in [0.2, 0.25) is 0 Å². The maximum absolute atomic E-state index is 14.1. The molecule has 0 aromatic heterocycles. The summed E-state index contributed by atoms with van der Waals surface area (Å²) >= 11 is 0. The first-order valence-corrected chi connectivity index (χ1v) is 8.24. The van der Waals surface area contributed by atoms with E-state index in [2.05, 4.69) is 10.2 Å². The molecule has 1 saturated carbocycles. The van der Waals surface area contributed by atoms with Crippen LogP contribution in [0, 0.1) is 11.7 Å². The van der Waals surface area contributed by atoms with Crippen LogP contribution in [0.5, 0.6) is 0 Å². The summed E-state index contributed by atoms with van der Waals surface area (Å²) in [7, 11) is 0. The Bertz CT molecular complexity index is 534. The van der Waals surface area contributed by atoms with Crippen molar-refractivity contribution in [3.8, 4) is 0 Å². The second kappa shape index (κ2) is 6.77. The highest BCUT2D eigenvalue weighted by Gasteiger charge is 2.32. The third-order valence-corrected chi connectivity index (χ3v) is 4.77. The molecule has 0 radical (unpaired) electrons. The normalized spacial score (nSPS) is 20.2. The van der Waals surface area contributed by atoms with Crippen molar-refractivity contribution in [1.82, 2.24) is 10.2 Å². The number of halogens is 4. The molecule has 1 aromatic carbocycles. The smallest absolute Gasteiger partial charge is 0.317 e. The molecular formula is C17H22F4N2. The molecule has 1 aromatic rings. The Morgan fingerprint density at radius 1 is 1.09 bits per heavy atom. The lowest BCUT2D eigenvalue weighted by Crippen LogP contribution is -2.43. The van der Waals surface area contributed by atoms with E-state index in [-0.39, 0.29) is 0 Å². The lowest BCUT2D eigenvalue weighted by molar-refractivity contribution is -0.137. The summed E-state index contributed by atoms with van der Waals surface area (Å²) in [6.45, 7) is 3.21. The van der Waals surface area contributed by atoms with Crippen LogP contribution in [-0.4, -0.2) is 30.6 Å². The molecule has 2 aliphatic rings. The van der Waals surface area contributed by atoms with Gasteiger partial charge in [-0.05, 0) is 56.8 Å². The number of hydrogen-bond acceptors (Lipinski definition) is 2. The van der Waals surface area contributed by atoms with Gasteiger partial charge in [0.05, 0.1) is 5.56 Å². The van der Waals surface area contributed by atoms with Gasteiger partial charge in [-0.25, -0.2) is 4.39 Å². The Balaban J connectivity index is 1.73. The fourth-order valence-electron chi connectivity index (χ4n) is 3.22. The average molecular weight is 330 g/mol. The van der Waals surface area contributed by atoms with Crippen LogP contribution in [-0.2, 0) is 12.7 Å². The molecule has 2 nitrogen and oxygen atoms in total. The Kier molecular flexibility index (Phi) is 4.92. The van der Waals surface area contributed by atoms with Crippen molar-refractivity contribution >= 4 is 0 Å². The third-order valence-electron chi connectivity index (χ3n) is 4.77. The molecular weight excluding hydrogens is 308 g/mol. The van der Waals surface area contributed by atoms with E-state index in [9.17, 15) is 17.6 Å². The van der Waals surface area contributed by atoms with Gasteiger partial charge in [-0.15, -0.1) is 0 Å². The van der Waals surface area contributed by atoms with Crippen molar-refractivity contribution in [3.05, 3.63) is 35.1 Å². The van der Waals surface area contributed by atoms with Crippen LogP contribution >= 0.6 is 0 Å². The van der Waals surface area contributed by atoms with Crippen LogP contribution in [0.25, 0.3) is 0 Å². The van der Waals surface area contributed by atoms with Crippen molar-refractivity contribution in [3.63, 3.8) is 0 Å². The van der Waals surface area contributed by atoms with Gasteiger partial charge in [0.25, 0.3) is 0 Å². The van der Waals surface area contributed by atoms with Gasteiger partial charge in [-0.1, -0.05) is 6.07 Å². The van der Waals surface area contributed by atoms with E-state index in [0.29, 0.717) is 30.1 Å². The molecule has 0 amide bonds. The molecule has 128 valence electrons. The van der Waals surface area contributed by atoms with Crippen LogP contribution < -0.4 is 5.32 Å². The predicted octanol–water partition coefficient (Wildman–Crippen LogP) is 3.81. The van der Waals surface area contributed by atoms with Crippen LogP contribution in [0.1, 0.15) is 36.8 Å². The maximum Gasteiger partial charge on any atom is 0.416 e. The zero-order valence-electron chi connectivity index (χ0n) is 13.0. The summed E-state index contributed by atoms with van der Waals surface area (Å²) in [6.07, 6.45) is -0.0695. The van der Waals surface area contributed by atoms with E-state index < -0.39 is 17.6 Å². The van der Waals surface area contributed by atoms with Gasteiger partial charge in [-0.2, -0.15) is 13.2 Å². The zero-order chi connectivity index (χ0) is 16.4. The van der Waals surface area contributed by atoms with Crippen molar-refractivity contribution in [2.45, 2.75) is 44.4 Å². The SMILES string of the molecule is Fc1cc(C(F)(F)F)ccc1CN(CC1CC1)C1CCNCC1. The molecule has 1 aliphatic heterocycles. The molecule has 1 heterocycles. The van der Waals surface area contributed by atoms with E-state index in [1.54, 1.807) is 0 Å². The van der Waals surface area contributed by atoms with Crippen LogP contribution in [0.15, 0.2) is 18.2 Å². The zero-order valence-corrected chi connectivity index (χ0v) is 13.0. The Hall–Kier alpha value is -1.14. The van der Waals surface area contributed by atoms with E-state index in [4.69, 9.17) is 0 Å². The molecule has 0 spiro atoms. The van der Waals surface area contributed by atoms with Crippen molar-refractivity contribution in [1.29, 1.82) is 0 Å². The molecule has 0 atom stereocenters. The van der Waals surface area contributed by atoms with Gasteiger partial charge < -0.3 is 5.32 Å². The van der Waals surface area contributed by atoms with Crippen LogP contribution in [0.4, 0.5) is 17.6 Å². The fraction of sp³-hybridized carbons (Fsp3) is 0.647. The first-order valence-electron chi connectivity index (χ1n) is 8.24. The molecule has 0 unspecified atom stereocenters. The minimum Gasteiger partial charge on any atom is -0.317 e. The third kappa shape index (κ3) is 4.44. The summed E-state index contributed by atoms with van der Waals surface area (Å²) in [5, 5.41) is 3.31. The number of hydrogen-bond donors (Lipinski definition) is 1. The number of alkyl halides is 3. The first-order chi connectivity index (χ1) is 10.9. The molecule has 1 aliphatic carbocycles. The first kappa shape index (κ1) is 16.7. The van der Waals surface area contributed by atoms with E-state index >= 15 is 0 Å². The molecule has 3 rings (SSSR count). The number of benzene rings is 1. The maximum atomic E-state index is 14.1. The van der Waals surface area contributed by atoms with Crippen LogP contribution in [0.2, 0.25) is 0 Å². The predicted molar refractivity (Wildman–Crippen MR) is 80.4 cm³/mol. The van der Waals surface area contributed by atoms with Gasteiger partial charge >= 0.3 is 6.18 Å². The Morgan fingerprint density at radius 2 is 1.78 bits per heavy atom. The van der Waals surface area contributed by atoms with Gasteiger partial charge in [0.1, 0.15) is 5.82 Å². The number of nitrogens with zero attached hydrogens (tertiary/aromatic N) is 1. The standard InChI is InChI=1S/C17H22F4N2/c18-16-9-14(17(19,20)21)4-3-13(16)11-23(10-12-1-2-12)15-5-7-22-8-6-15/h3-4,9,12,15,22H,1-2,5-8,10-11H2. The highest BCUT2D eigenvalue weighted by molar-refractivity contribution is 5.26. The van der Waals surface area contributed by atoms with Crippen molar-refractivity contribution < 1.29 is 17.6 Å². The summed E-state index contributed by atoms with van der Waals surface area (Å²) < 4.78 is 52.1. The van der Waals surface area contributed by atoms with Gasteiger partial charge in [0.15, 0.2) is 0 Å². The topological polar surface area (TPSA) is 15.3 Å². The highest BCUT2D eigenvalue weighted by atomic mass is 19.4. The molecule has 23 heavy (non-hydrogen) atoms. The Morgan fingerprint density at radius 3 is 2.35 bits per heavy atom. The molecule has 1 saturated heterocycles. The lowest BCUT2D eigenvalue weighted by Gasteiger charge is -2.35. The van der Waals surface area contributed by atoms with Gasteiger partial charge in [-0.3, -0.25) is 4.90 Å². The summed E-state index contributed by atoms with van der Waals surface area (Å²) in [6, 6.07) is 3.28. The number of nitrogens with one attached hydrogen (secondary N) is 1. The lowest BCUT2D eigenvalue weighted by atomic mass is 10.0. The molecule has 2 fully saturated rings. The molecule has 0 bridgehead atoms. The molecule has 1 N–H and O–H groups in total. The summed E-state index contributed by atoms with van der Waals surface area (Å²) in [5.41, 5.74) is -0.563. The quantitative estimate of drug-likeness (QED) is 0.826. The second-order valence-electron chi connectivity index (χ2n) is 6.66. The monoisotopic (exact) mass is 330 g/mol. The van der Waals surface area contributed by atoms with Crippen molar-refractivity contribution in [2.24, 2.45) is 5.92 Å². The van der Waals surface area contributed by atoms with E-state index in [1.165, 1.54) is 18.9 Å². The minimum absolute atomic E-state index is 0.359. The van der Waals surface area contributed by atoms with Crippen LogP contribution in [0.3, 0.4) is 0 Å². The number of piperidine rings is 1. The van der Waals surface area contributed by atoms with E-state index in [0.717, 1.165) is 38.5 Å². The highest BCUT2D eigenvalue weighted by Crippen LogP contribution is 2.33. The number of rotatable bonds is 5. The minimum atomic E-state index is -4.50. The van der Waals surface area contributed by atoms with Gasteiger partial charge in [0, 0.05) is 24.7 Å².